The van der Waals surface area contributed by atoms with Gasteiger partial charge in [0, 0.05) is 37.0 Å². The van der Waals surface area contributed by atoms with Crippen LogP contribution in [0, 0.1) is 5.82 Å². The van der Waals surface area contributed by atoms with Gasteiger partial charge >= 0.3 is 6.18 Å². The van der Waals surface area contributed by atoms with E-state index in [9.17, 15) is 22.4 Å². The molecular weight excluding hydrogens is 523 g/mol. The molecule has 2 aromatic carbocycles. The van der Waals surface area contributed by atoms with Crippen molar-refractivity contribution in [2.24, 2.45) is 0 Å². The lowest BCUT2D eigenvalue weighted by Crippen LogP contribution is -2.44. The smallest absolute Gasteiger partial charge is 0.416 e. The van der Waals surface area contributed by atoms with E-state index < -0.39 is 29.1 Å². The maximum atomic E-state index is 15.5. The minimum Gasteiger partial charge on any atom is -0.490 e. The van der Waals surface area contributed by atoms with Crippen molar-refractivity contribution in [2.75, 3.05) is 26.0 Å². The summed E-state index contributed by atoms with van der Waals surface area (Å²) >= 11 is 6.98. The Kier molecular flexibility index (Phi) is 8.07. The third kappa shape index (κ3) is 6.44. The van der Waals surface area contributed by atoms with Crippen LogP contribution >= 0.6 is 23.5 Å². The molecule has 1 heterocycles. The van der Waals surface area contributed by atoms with E-state index in [1.165, 1.54) is 18.2 Å². The standard InChI is InChI=1S/C25H26ClF5N2O2S/c1-36-32-23(34)19-11-18(15-2-3-15)22(12-21(19)27)35-14-24(28)6-8-33(9-7-24)13-16-10-17(26)4-5-20(16)25(29,30)31/h4-5,10-12,15H,2-3,6-9,13-14H2,1H3,(H,32,34). The van der Waals surface area contributed by atoms with Gasteiger partial charge in [-0.1, -0.05) is 23.5 Å². The number of carbonyl (C=O) groups is 1. The molecule has 1 aliphatic carbocycles. The molecule has 2 aliphatic rings. The number of alkyl halides is 4. The summed E-state index contributed by atoms with van der Waals surface area (Å²) in [6.07, 6.45) is -0.969. The van der Waals surface area contributed by atoms with E-state index in [4.69, 9.17) is 16.3 Å². The number of benzene rings is 2. The number of hydrogen-bond donors (Lipinski definition) is 1. The van der Waals surface area contributed by atoms with E-state index in [-0.39, 0.29) is 66.9 Å². The summed E-state index contributed by atoms with van der Waals surface area (Å²) in [5.41, 5.74) is -1.81. The number of nitrogens with zero attached hydrogens (tertiary/aromatic N) is 1. The quantitative estimate of drug-likeness (QED) is 0.292. The van der Waals surface area contributed by atoms with Crippen molar-refractivity contribution in [3.63, 3.8) is 0 Å². The Morgan fingerprint density at radius 3 is 2.53 bits per heavy atom. The van der Waals surface area contributed by atoms with Crippen LogP contribution in [0.3, 0.4) is 0 Å². The number of hydrogen-bond acceptors (Lipinski definition) is 4. The molecule has 1 aliphatic heterocycles. The predicted octanol–water partition coefficient (Wildman–Crippen LogP) is 6.77. The summed E-state index contributed by atoms with van der Waals surface area (Å²) in [5, 5.41) is 0.207. The van der Waals surface area contributed by atoms with Crippen LogP contribution in [-0.4, -0.2) is 42.4 Å². The molecule has 196 valence electrons. The van der Waals surface area contributed by atoms with Crippen molar-refractivity contribution in [1.29, 1.82) is 0 Å². The van der Waals surface area contributed by atoms with Gasteiger partial charge in [0.2, 0.25) is 0 Å². The van der Waals surface area contributed by atoms with Gasteiger partial charge in [0.1, 0.15) is 23.8 Å². The number of carbonyl (C=O) groups excluding carboxylic acids is 1. The molecule has 1 saturated carbocycles. The maximum Gasteiger partial charge on any atom is 0.416 e. The number of amides is 1. The molecule has 1 N–H and O–H groups in total. The summed E-state index contributed by atoms with van der Waals surface area (Å²) in [6.45, 7) is 0.173. The van der Waals surface area contributed by atoms with E-state index in [2.05, 4.69) is 4.72 Å². The van der Waals surface area contributed by atoms with Crippen LogP contribution in [-0.2, 0) is 12.7 Å². The number of rotatable bonds is 8. The van der Waals surface area contributed by atoms with Crippen LogP contribution in [0.15, 0.2) is 30.3 Å². The SMILES string of the molecule is CSNC(=O)c1cc(C2CC2)c(OCC2(F)CCN(Cc3cc(Cl)ccc3C(F)(F)F)CC2)cc1F. The first-order valence-electron chi connectivity index (χ1n) is 11.6. The van der Waals surface area contributed by atoms with Crippen LogP contribution < -0.4 is 9.46 Å². The molecule has 0 bridgehead atoms. The Bertz CT molecular complexity index is 1120. The molecule has 2 aromatic rings. The van der Waals surface area contributed by atoms with Crippen molar-refractivity contribution in [2.45, 2.75) is 50.0 Å². The molecular formula is C25H26ClF5N2O2S. The van der Waals surface area contributed by atoms with Crippen molar-refractivity contribution in [3.8, 4) is 5.75 Å². The second-order valence-electron chi connectivity index (χ2n) is 9.29. The first kappa shape index (κ1) is 27.0. The number of nitrogens with one attached hydrogen (secondary N) is 1. The van der Waals surface area contributed by atoms with Gasteiger partial charge in [0.25, 0.3) is 5.91 Å². The van der Waals surface area contributed by atoms with E-state index in [0.717, 1.165) is 36.9 Å². The first-order chi connectivity index (χ1) is 17.0. The van der Waals surface area contributed by atoms with Crippen LogP contribution in [0.1, 0.15) is 58.6 Å². The van der Waals surface area contributed by atoms with Crippen molar-refractivity contribution < 1.29 is 31.5 Å². The first-order valence-corrected chi connectivity index (χ1v) is 13.2. The van der Waals surface area contributed by atoms with E-state index >= 15 is 4.39 Å². The Labute approximate surface area is 215 Å². The lowest BCUT2D eigenvalue weighted by Gasteiger charge is -2.36. The molecule has 0 aromatic heterocycles. The van der Waals surface area contributed by atoms with Gasteiger partial charge in [-0.15, -0.1) is 0 Å². The molecule has 36 heavy (non-hydrogen) atoms. The fourth-order valence-electron chi connectivity index (χ4n) is 4.41. The highest BCUT2D eigenvalue weighted by atomic mass is 35.5. The zero-order valence-electron chi connectivity index (χ0n) is 19.6. The maximum absolute atomic E-state index is 15.5. The van der Waals surface area contributed by atoms with Gasteiger partial charge in [-0.25, -0.2) is 8.78 Å². The molecule has 2 fully saturated rings. The third-order valence-corrected chi connectivity index (χ3v) is 7.19. The minimum atomic E-state index is -4.51. The fourth-order valence-corrected chi connectivity index (χ4v) is 4.90. The number of ether oxygens (including phenoxy) is 1. The number of likely N-dealkylation sites (tertiary alicyclic amines) is 1. The second kappa shape index (κ2) is 10.8. The highest BCUT2D eigenvalue weighted by Crippen LogP contribution is 2.45. The number of halogens is 6. The summed E-state index contributed by atoms with van der Waals surface area (Å²) in [7, 11) is 0. The largest absolute Gasteiger partial charge is 0.490 e. The summed E-state index contributed by atoms with van der Waals surface area (Å²) in [5.74, 6) is -0.926. The van der Waals surface area contributed by atoms with Gasteiger partial charge in [0.05, 0.1) is 11.1 Å². The van der Waals surface area contributed by atoms with Gasteiger partial charge in [0.15, 0.2) is 0 Å². The van der Waals surface area contributed by atoms with Crippen molar-refractivity contribution in [3.05, 3.63) is 63.4 Å². The highest BCUT2D eigenvalue weighted by molar-refractivity contribution is 7.97. The number of piperidine rings is 1. The van der Waals surface area contributed by atoms with Crippen LogP contribution in [0.4, 0.5) is 22.0 Å². The van der Waals surface area contributed by atoms with Crippen LogP contribution in [0.25, 0.3) is 0 Å². The normalized spacial score (nSPS) is 18.2. The van der Waals surface area contributed by atoms with Crippen LogP contribution in [0.2, 0.25) is 5.02 Å². The summed E-state index contributed by atoms with van der Waals surface area (Å²) in [4.78, 5) is 13.9. The Morgan fingerprint density at radius 2 is 1.92 bits per heavy atom. The van der Waals surface area contributed by atoms with Gasteiger partial charge in [-0.3, -0.25) is 14.4 Å². The van der Waals surface area contributed by atoms with E-state index in [0.29, 0.717) is 5.56 Å². The zero-order chi connectivity index (χ0) is 26.1. The molecule has 1 amide bonds. The Hall–Kier alpha value is -2.04. The average Bonchev–Trinajstić information content (AvgIpc) is 3.64. The summed E-state index contributed by atoms with van der Waals surface area (Å²) in [6, 6.07) is 6.07. The van der Waals surface area contributed by atoms with Gasteiger partial charge < -0.3 is 4.74 Å². The Morgan fingerprint density at radius 1 is 1.22 bits per heavy atom. The van der Waals surface area contributed by atoms with Gasteiger partial charge in [-0.2, -0.15) is 13.2 Å². The summed E-state index contributed by atoms with van der Waals surface area (Å²) < 4.78 is 78.5. The lowest BCUT2D eigenvalue weighted by atomic mass is 9.93. The highest BCUT2D eigenvalue weighted by Gasteiger charge is 2.38. The molecule has 1 saturated heterocycles. The predicted molar refractivity (Wildman–Crippen MR) is 130 cm³/mol. The lowest BCUT2D eigenvalue weighted by molar-refractivity contribution is -0.138. The monoisotopic (exact) mass is 548 g/mol. The minimum absolute atomic E-state index is 0.00293. The average molecular weight is 549 g/mol. The van der Waals surface area contributed by atoms with E-state index in [1.807, 2.05) is 0 Å². The molecule has 0 unspecified atom stereocenters. The topological polar surface area (TPSA) is 41.6 Å². The zero-order valence-corrected chi connectivity index (χ0v) is 21.1. The molecule has 0 radical (unpaired) electrons. The molecule has 11 heteroatoms. The van der Waals surface area contributed by atoms with Gasteiger partial charge in [-0.05, 0) is 67.0 Å². The second-order valence-corrected chi connectivity index (χ2v) is 10.3. The van der Waals surface area contributed by atoms with Crippen molar-refractivity contribution >= 4 is 29.5 Å². The van der Waals surface area contributed by atoms with Crippen molar-refractivity contribution in [1.82, 2.24) is 9.62 Å². The third-order valence-electron chi connectivity index (χ3n) is 6.56. The molecule has 4 nitrogen and oxygen atoms in total. The Balaban J connectivity index is 1.40. The fraction of sp³-hybridized carbons (Fsp3) is 0.480. The molecule has 0 spiro atoms. The molecule has 4 rings (SSSR count). The van der Waals surface area contributed by atoms with Crippen LogP contribution in [0.5, 0.6) is 5.75 Å². The molecule has 0 atom stereocenters. The van der Waals surface area contributed by atoms with E-state index in [1.54, 1.807) is 11.2 Å².